The number of nitrogens with zero attached hydrogens (tertiary/aromatic N) is 2. The van der Waals surface area contributed by atoms with Gasteiger partial charge in [-0.15, -0.1) is 0 Å². The summed E-state index contributed by atoms with van der Waals surface area (Å²) in [6, 6.07) is 2.02. The SMILES string of the molecule is CCn1ccc(/C=C2\CC3C4CCC5CC(O)CCC5(C)C4CCC3(C)C2=O)n1. The Morgan fingerprint density at radius 1 is 1.21 bits per heavy atom. The van der Waals surface area contributed by atoms with E-state index in [0.29, 0.717) is 29.0 Å². The standard InChI is InChI=1S/C25H36N2O2/c1-4-27-12-9-18(26-27)13-16-14-22-20-6-5-17-15-19(28)7-10-24(17,2)21(20)8-11-25(22,3)23(16)29/h9,12-13,17,19-22,28H,4-8,10-11,14-15H2,1-3H3/b16-13+. The van der Waals surface area contributed by atoms with Crippen molar-refractivity contribution in [3.63, 3.8) is 0 Å². The van der Waals surface area contributed by atoms with Crippen molar-refractivity contribution in [2.24, 2.45) is 34.5 Å². The van der Waals surface area contributed by atoms with Crippen LogP contribution in [0.4, 0.5) is 0 Å². The highest BCUT2D eigenvalue weighted by atomic mass is 16.3. The molecule has 7 unspecified atom stereocenters. The van der Waals surface area contributed by atoms with E-state index in [4.69, 9.17) is 0 Å². The number of carbonyl (C=O) groups excluding carboxylic acids is 1. The van der Waals surface area contributed by atoms with Crippen LogP contribution in [0.1, 0.15) is 77.8 Å². The normalized spacial score (nSPS) is 45.7. The molecule has 158 valence electrons. The van der Waals surface area contributed by atoms with Crippen LogP contribution in [0.25, 0.3) is 6.08 Å². The summed E-state index contributed by atoms with van der Waals surface area (Å²) < 4.78 is 1.93. The maximum Gasteiger partial charge on any atom is 0.165 e. The molecule has 1 aromatic heterocycles. The fourth-order valence-electron chi connectivity index (χ4n) is 7.84. The van der Waals surface area contributed by atoms with Gasteiger partial charge in [0.1, 0.15) is 0 Å². The lowest BCUT2D eigenvalue weighted by atomic mass is 9.45. The van der Waals surface area contributed by atoms with Crippen LogP contribution < -0.4 is 0 Å². The van der Waals surface area contributed by atoms with Gasteiger partial charge >= 0.3 is 0 Å². The Hall–Kier alpha value is -1.42. The van der Waals surface area contributed by atoms with Crippen molar-refractivity contribution in [2.45, 2.75) is 84.8 Å². The number of ketones is 1. The number of hydrogen-bond acceptors (Lipinski definition) is 3. The molecule has 4 nitrogen and oxygen atoms in total. The monoisotopic (exact) mass is 396 g/mol. The van der Waals surface area contributed by atoms with Crippen molar-refractivity contribution in [3.05, 3.63) is 23.5 Å². The number of aliphatic hydroxyl groups is 1. The first-order valence-corrected chi connectivity index (χ1v) is 11.8. The lowest BCUT2D eigenvalue weighted by Crippen LogP contribution is -2.54. The van der Waals surface area contributed by atoms with Gasteiger partial charge in [-0.25, -0.2) is 0 Å². The Kier molecular flexibility index (Phi) is 4.58. The molecule has 0 amide bonds. The Bertz CT molecular complexity index is 842. The number of carbonyl (C=O) groups is 1. The minimum atomic E-state index is -0.183. The van der Waals surface area contributed by atoms with Gasteiger partial charge in [0.25, 0.3) is 0 Å². The van der Waals surface area contributed by atoms with E-state index in [2.05, 4.69) is 31.9 Å². The Morgan fingerprint density at radius 2 is 2.03 bits per heavy atom. The van der Waals surface area contributed by atoms with E-state index in [1.54, 1.807) is 0 Å². The topological polar surface area (TPSA) is 55.1 Å². The number of rotatable bonds is 2. The van der Waals surface area contributed by atoms with Crippen molar-refractivity contribution < 1.29 is 9.90 Å². The number of Topliss-reactive ketones (excluding diaryl/α,β-unsaturated/α-hetero) is 1. The molecule has 4 saturated carbocycles. The zero-order chi connectivity index (χ0) is 20.4. The molecule has 4 aliphatic rings. The minimum absolute atomic E-state index is 0.0935. The molecule has 0 radical (unpaired) electrons. The maximum absolute atomic E-state index is 13.5. The summed E-state index contributed by atoms with van der Waals surface area (Å²) in [7, 11) is 0. The highest BCUT2D eigenvalue weighted by Gasteiger charge is 2.61. The second-order valence-corrected chi connectivity index (χ2v) is 10.8. The summed E-state index contributed by atoms with van der Waals surface area (Å²) in [5, 5.41) is 14.8. The van der Waals surface area contributed by atoms with Crippen LogP contribution in [-0.2, 0) is 11.3 Å². The number of hydrogen-bond donors (Lipinski definition) is 1. The highest BCUT2D eigenvalue weighted by Crippen LogP contribution is 2.66. The molecule has 1 heterocycles. The Labute approximate surface area is 174 Å². The van der Waals surface area contributed by atoms with Crippen LogP contribution in [0.3, 0.4) is 0 Å². The summed E-state index contributed by atoms with van der Waals surface area (Å²) in [5.74, 6) is 2.92. The average molecular weight is 397 g/mol. The average Bonchev–Trinajstić information content (AvgIpc) is 3.26. The fourth-order valence-corrected chi connectivity index (χ4v) is 7.84. The van der Waals surface area contributed by atoms with Crippen molar-refractivity contribution >= 4 is 11.9 Å². The fraction of sp³-hybridized carbons (Fsp3) is 0.760. The van der Waals surface area contributed by atoms with E-state index in [-0.39, 0.29) is 11.5 Å². The molecule has 0 spiro atoms. The van der Waals surface area contributed by atoms with E-state index in [1.165, 1.54) is 19.3 Å². The van der Waals surface area contributed by atoms with Gasteiger partial charge in [0.15, 0.2) is 5.78 Å². The first kappa shape index (κ1) is 19.5. The van der Waals surface area contributed by atoms with Crippen LogP contribution in [0, 0.1) is 34.5 Å². The van der Waals surface area contributed by atoms with E-state index in [1.807, 2.05) is 16.9 Å². The third kappa shape index (κ3) is 2.89. The van der Waals surface area contributed by atoms with Crippen LogP contribution in [0.5, 0.6) is 0 Å². The molecule has 0 aromatic carbocycles. The minimum Gasteiger partial charge on any atom is -0.393 e. The van der Waals surface area contributed by atoms with Crippen molar-refractivity contribution in [3.8, 4) is 0 Å². The first-order chi connectivity index (χ1) is 13.8. The second-order valence-electron chi connectivity index (χ2n) is 10.8. The highest BCUT2D eigenvalue weighted by molar-refractivity contribution is 6.05. The van der Waals surface area contributed by atoms with Crippen molar-refractivity contribution in [1.82, 2.24) is 9.78 Å². The maximum atomic E-state index is 13.5. The number of fused-ring (bicyclic) bond motifs is 5. The molecule has 7 atom stereocenters. The Balaban J connectivity index is 1.43. The summed E-state index contributed by atoms with van der Waals surface area (Å²) >= 11 is 0. The third-order valence-electron chi connectivity index (χ3n) is 9.59. The molecule has 4 heteroatoms. The second kappa shape index (κ2) is 6.80. The molecule has 5 rings (SSSR count). The Morgan fingerprint density at radius 3 is 2.79 bits per heavy atom. The smallest absolute Gasteiger partial charge is 0.165 e. The molecule has 1 N–H and O–H groups in total. The summed E-state index contributed by atoms with van der Waals surface area (Å²) in [5.41, 5.74) is 2.10. The van der Waals surface area contributed by atoms with E-state index >= 15 is 0 Å². The third-order valence-corrected chi connectivity index (χ3v) is 9.59. The van der Waals surface area contributed by atoms with Crippen LogP contribution in [0.15, 0.2) is 17.8 Å². The molecule has 1 aromatic rings. The molecule has 4 aliphatic carbocycles. The quantitative estimate of drug-likeness (QED) is 0.726. The van der Waals surface area contributed by atoms with Crippen molar-refractivity contribution in [2.75, 3.05) is 0 Å². The largest absolute Gasteiger partial charge is 0.393 e. The van der Waals surface area contributed by atoms with Gasteiger partial charge in [-0.05, 0) is 105 Å². The first-order valence-electron chi connectivity index (χ1n) is 11.8. The summed E-state index contributed by atoms with van der Waals surface area (Å²) in [6.45, 7) is 7.70. The molecule has 0 saturated heterocycles. The molecule has 29 heavy (non-hydrogen) atoms. The van der Waals surface area contributed by atoms with Gasteiger partial charge in [-0.1, -0.05) is 13.8 Å². The predicted octanol–water partition coefficient (Wildman–Crippen LogP) is 4.87. The van der Waals surface area contributed by atoms with Gasteiger partial charge in [0.2, 0.25) is 0 Å². The van der Waals surface area contributed by atoms with Crippen molar-refractivity contribution in [1.29, 1.82) is 0 Å². The number of aromatic nitrogens is 2. The summed E-state index contributed by atoms with van der Waals surface area (Å²) in [4.78, 5) is 13.5. The van der Waals surface area contributed by atoms with Gasteiger partial charge in [0, 0.05) is 18.2 Å². The van der Waals surface area contributed by atoms with Gasteiger partial charge < -0.3 is 5.11 Å². The number of aliphatic hydroxyl groups excluding tert-OH is 1. The molecular weight excluding hydrogens is 360 g/mol. The molecule has 0 aliphatic heterocycles. The molecule has 4 fully saturated rings. The van der Waals surface area contributed by atoms with E-state index < -0.39 is 0 Å². The van der Waals surface area contributed by atoms with Gasteiger partial charge in [0.05, 0.1) is 11.8 Å². The van der Waals surface area contributed by atoms with Crippen LogP contribution in [0.2, 0.25) is 0 Å². The lowest BCUT2D eigenvalue weighted by Gasteiger charge is -2.59. The molecular formula is C25H36N2O2. The zero-order valence-electron chi connectivity index (χ0n) is 18.2. The number of aryl methyl sites for hydroxylation is 1. The summed E-state index contributed by atoms with van der Waals surface area (Å²) in [6.07, 6.45) is 12.7. The van der Waals surface area contributed by atoms with Crippen LogP contribution >= 0.6 is 0 Å². The predicted molar refractivity (Wildman–Crippen MR) is 114 cm³/mol. The van der Waals surface area contributed by atoms with Crippen LogP contribution in [-0.4, -0.2) is 26.8 Å². The van der Waals surface area contributed by atoms with Gasteiger partial charge in [-0.3, -0.25) is 9.48 Å². The van der Waals surface area contributed by atoms with Gasteiger partial charge in [-0.2, -0.15) is 5.10 Å². The lowest BCUT2D eigenvalue weighted by molar-refractivity contribution is -0.141. The number of allylic oxidation sites excluding steroid dienone is 1. The zero-order valence-corrected chi connectivity index (χ0v) is 18.2. The van der Waals surface area contributed by atoms with E-state index in [0.717, 1.165) is 55.8 Å². The van der Waals surface area contributed by atoms with E-state index in [9.17, 15) is 9.90 Å². The molecule has 0 bridgehead atoms.